The summed E-state index contributed by atoms with van der Waals surface area (Å²) >= 11 is 0. The summed E-state index contributed by atoms with van der Waals surface area (Å²) in [6, 6.07) is 0.217. The highest BCUT2D eigenvalue weighted by molar-refractivity contribution is 5.99. The van der Waals surface area contributed by atoms with Crippen LogP contribution in [-0.4, -0.2) is 65.4 Å². The van der Waals surface area contributed by atoms with Crippen LogP contribution in [0.4, 0.5) is 0 Å². The topological polar surface area (TPSA) is 74.7 Å². The number of amides is 2. The summed E-state index contributed by atoms with van der Waals surface area (Å²) in [6.45, 7) is 8.31. The molecule has 2 heterocycles. The molecule has 0 unspecified atom stereocenters. The molecule has 2 aliphatic rings. The normalized spacial score (nSPS) is 20.7. The van der Waals surface area contributed by atoms with Gasteiger partial charge in [0.15, 0.2) is 0 Å². The largest absolute Gasteiger partial charge is 0.349 e. The van der Waals surface area contributed by atoms with Crippen molar-refractivity contribution in [3.05, 3.63) is 33.7 Å². The van der Waals surface area contributed by atoms with E-state index < -0.39 is 16.9 Å². The minimum atomic E-state index is -0.476. The first-order valence-corrected chi connectivity index (χ1v) is 12.1. The minimum Gasteiger partial charge on any atom is -0.349 e. The summed E-state index contributed by atoms with van der Waals surface area (Å²) in [6.07, 6.45) is 11.0. The van der Waals surface area contributed by atoms with Gasteiger partial charge in [-0.15, -0.1) is 0 Å². The van der Waals surface area contributed by atoms with Crippen molar-refractivity contribution in [2.45, 2.75) is 77.3 Å². The molecule has 0 spiro atoms. The monoisotopic (exact) mass is 444 g/mol. The number of likely N-dealkylation sites (tertiary alicyclic amines) is 1. The van der Waals surface area contributed by atoms with E-state index in [0.29, 0.717) is 12.5 Å². The van der Waals surface area contributed by atoms with Gasteiger partial charge in [-0.2, -0.15) is 0 Å². The summed E-state index contributed by atoms with van der Waals surface area (Å²) in [5.41, 5.74) is -0.786. The Morgan fingerprint density at radius 1 is 1.06 bits per heavy atom. The Kier molecular flexibility index (Phi) is 7.80. The SMILES string of the molecule is CN1CCC[C@@H](CN(C)C(=O)c2cn(C3CCCCC3)cc(C(=O)NC(C)(C)C)c2=O)C1. The van der Waals surface area contributed by atoms with Crippen LogP contribution in [0.3, 0.4) is 0 Å². The molecular weight excluding hydrogens is 404 g/mol. The van der Waals surface area contributed by atoms with Gasteiger partial charge in [0.1, 0.15) is 11.1 Å². The first-order chi connectivity index (χ1) is 15.0. The molecule has 0 radical (unpaired) electrons. The van der Waals surface area contributed by atoms with E-state index in [1.165, 1.54) is 6.42 Å². The van der Waals surface area contributed by atoms with Crippen molar-refractivity contribution in [1.29, 1.82) is 0 Å². The highest BCUT2D eigenvalue weighted by Gasteiger charge is 2.27. The standard InChI is InChI=1S/C25H40N4O3/c1-25(2,3)26-23(31)20-16-29(19-11-7-6-8-12-19)17-21(22(20)30)24(32)28(5)15-18-10-9-13-27(4)14-18/h16-19H,6-15H2,1-5H3,(H,26,31)/t18-/m1/s1. The fourth-order valence-corrected chi connectivity index (χ4v) is 5.01. The Bertz CT molecular complexity index is 880. The quantitative estimate of drug-likeness (QED) is 0.756. The second-order valence-electron chi connectivity index (χ2n) is 10.8. The summed E-state index contributed by atoms with van der Waals surface area (Å²) in [4.78, 5) is 43.6. The minimum absolute atomic E-state index is 0.0575. The summed E-state index contributed by atoms with van der Waals surface area (Å²) in [7, 11) is 3.87. The molecule has 178 valence electrons. The van der Waals surface area contributed by atoms with Crippen LogP contribution in [0.1, 0.15) is 92.5 Å². The number of pyridine rings is 1. The van der Waals surface area contributed by atoms with Gasteiger partial charge in [0.2, 0.25) is 5.43 Å². The number of carbonyl (C=O) groups is 2. The molecule has 1 aromatic rings. The average Bonchev–Trinajstić information content (AvgIpc) is 2.72. The maximum Gasteiger partial charge on any atom is 0.259 e. The van der Waals surface area contributed by atoms with E-state index in [1.807, 2.05) is 25.3 Å². The molecule has 1 aliphatic carbocycles. The molecule has 0 bridgehead atoms. The van der Waals surface area contributed by atoms with Gasteiger partial charge in [-0.05, 0) is 66.0 Å². The lowest BCUT2D eigenvalue weighted by Gasteiger charge is -2.32. The Labute approximate surface area is 192 Å². The second-order valence-corrected chi connectivity index (χ2v) is 10.8. The van der Waals surface area contributed by atoms with Gasteiger partial charge in [-0.1, -0.05) is 19.3 Å². The Hall–Kier alpha value is -2.15. The lowest BCUT2D eigenvalue weighted by Crippen LogP contribution is -2.44. The number of hydrogen-bond acceptors (Lipinski definition) is 4. The van der Waals surface area contributed by atoms with Crippen LogP contribution in [-0.2, 0) is 0 Å². The van der Waals surface area contributed by atoms with E-state index in [0.717, 1.165) is 51.6 Å². The molecule has 2 amide bonds. The van der Waals surface area contributed by atoms with Gasteiger partial charge in [0.25, 0.3) is 11.8 Å². The number of rotatable bonds is 5. The van der Waals surface area contributed by atoms with E-state index in [2.05, 4.69) is 17.3 Å². The lowest BCUT2D eigenvalue weighted by atomic mass is 9.94. The highest BCUT2D eigenvalue weighted by Crippen LogP contribution is 2.28. The molecule has 1 atom stereocenters. The third-order valence-electron chi connectivity index (χ3n) is 6.61. The predicted octanol–water partition coefficient (Wildman–Crippen LogP) is 3.30. The molecule has 1 saturated heterocycles. The fourth-order valence-electron chi connectivity index (χ4n) is 5.01. The van der Waals surface area contributed by atoms with Gasteiger partial charge < -0.3 is 19.7 Å². The molecule has 1 N–H and O–H groups in total. The summed E-state index contributed by atoms with van der Waals surface area (Å²) in [5, 5.41) is 2.89. The van der Waals surface area contributed by atoms with Crippen molar-refractivity contribution >= 4 is 11.8 Å². The van der Waals surface area contributed by atoms with Gasteiger partial charge in [-0.3, -0.25) is 14.4 Å². The van der Waals surface area contributed by atoms with E-state index in [4.69, 9.17) is 0 Å². The Balaban J connectivity index is 1.91. The first-order valence-electron chi connectivity index (χ1n) is 12.1. The predicted molar refractivity (Wildman–Crippen MR) is 127 cm³/mol. The van der Waals surface area contributed by atoms with Crippen molar-refractivity contribution in [3.8, 4) is 0 Å². The summed E-state index contributed by atoms with van der Waals surface area (Å²) < 4.78 is 1.95. The molecule has 7 nitrogen and oxygen atoms in total. The van der Waals surface area contributed by atoms with Crippen molar-refractivity contribution in [2.75, 3.05) is 33.7 Å². The van der Waals surface area contributed by atoms with Crippen LogP contribution in [0, 0.1) is 5.92 Å². The molecule has 32 heavy (non-hydrogen) atoms. The first kappa shape index (κ1) is 24.5. The number of carbonyl (C=O) groups excluding carboxylic acids is 2. The number of piperidine rings is 1. The van der Waals surface area contributed by atoms with Crippen LogP contribution in [0.5, 0.6) is 0 Å². The zero-order chi connectivity index (χ0) is 23.5. The van der Waals surface area contributed by atoms with Crippen LogP contribution in [0.15, 0.2) is 17.2 Å². The molecule has 0 aromatic carbocycles. The third-order valence-corrected chi connectivity index (χ3v) is 6.61. The number of hydrogen-bond donors (Lipinski definition) is 1. The highest BCUT2D eigenvalue weighted by atomic mass is 16.2. The van der Waals surface area contributed by atoms with Crippen molar-refractivity contribution in [2.24, 2.45) is 5.92 Å². The van der Waals surface area contributed by atoms with E-state index in [-0.39, 0.29) is 23.1 Å². The van der Waals surface area contributed by atoms with Gasteiger partial charge in [0.05, 0.1) is 0 Å². The van der Waals surface area contributed by atoms with Gasteiger partial charge >= 0.3 is 0 Å². The van der Waals surface area contributed by atoms with E-state index in [9.17, 15) is 14.4 Å². The Morgan fingerprint density at radius 2 is 1.72 bits per heavy atom. The summed E-state index contributed by atoms with van der Waals surface area (Å²) in [5.74, 6) is -0.313. The zero-order valence-corrected chi connectivity index (χ0v) is 20.4. The zero-order valence-electron chi connectivity index (χ0n) is 20.4. The average molecular weight is 445 g/mol. The fraction of sp³-hybridized carbons (Fsp3) is 0.720. The van der Waals surface area contributed by atoms with Crippen LogP contribution in [0.2, 0.25) is 0 Å². The molecule has 2 fully saturated rings. The van der Waals surface area contributed by atoms with Crippen molar-refractivity contribution in [3.63, 3.8) is 0 Å². The second kappa shape index (κ2) is 10.2. The van der Waals surface area contributed by atoms with Gasteiger partial charge in [0, 0.05) is 44.1 Å². The number of aromatic nitrogens is 1. The van der Waals surface area contributed by atoms with Crippen molar-refractivity contribution < 1.29 is 9.59 Å². The van der Waals surface area contributed by atoms with E-state index >= 15 is 0 Å². The molecule has 1 aromatic heterocycles. The smallest absolute Gasteiger partial charge is 0.259 e. The van der Waals surface area contributed by atoms with Gasteiger partial charge in [-0.25, -0.2) is 0 Å². The number of nitrogens with zero attached hydrogens (tertiary/aromatic N) is 3. The maximum atomic E-state index is 13.4. The van der Waals surface area contributed by atoms with E-state index in [1.54, 1.807) is 24.3 Å². The third kappa shape index (κ3) is 6.21. The molecule has 1 saturated carbocycles. The lowest BCUT2D eigenvalue weighted by molar-refractivity contribution is 0.0738. The van der Waals surface area contributed by atoms with Crippen LogP contribution in [0.25, 0.3) is 0 Å². The number of nitrogens with one attached hydrogen (secondary N) is 1. The van der Waals surface area contributed by atoms with Crippen LogP contribution >= 0.6 is 0 Å². The molecule has 3 rings (SSSR count). The molecular formula is C25H40N4O3. The maximum absolute atomic E-state index is 13.4. The molecule has 1 aliphatic heterocycles. The van der Waals surface area contributed by atoms with Crippen molar-refractivity contribution in [1.82, 2.24) is 19.7 Å². The Morgan fingerprint density at radius 3 is 2.34 bits per heavy atom. The molecule has 7 heteroatoms. The van der Waals surface area contributed by atoms with Crippen LogP contribution < -0.4 is 10.7 Å².